The molecule has 0 unspecified atom stereocenters. The number of benzene rings is 2. The van der Waals surface area contributed by atoms with Gasteiger partial charge >= 0.3 is 11.9 Å². The van der Waals surface area contributed by atoms with Crippen LogP contribution < -0.4 is 9.64 Å². The van der Waals surface area contributed by atoms with E-state index in [1.807, 2.05) is 6.92 Å². The lowest BCUT2D eigenvalue weighted by molar-refractivity contribution is -0.121. The number of hydrogen-bond donors (Lipinski definition) is 1. The second-order valence-electron chi connectivity index (χ2n) is 6.30. The third kappa shape index (κ3) is 4.18. The van der Waals surface area contributed by atoms with Crippen molar-refractivity contribution in [3.05, 3.63) is 65.4 Å². The third-order valence-corrected chi connectivity index (χ3v) is 4.40. The first-order valence-corrected chi connectivity index (χ1v) is 9.29. The van der Waals surface area contributed by atoms with Crippen molar-refractivity contribution in [1.29, 1.82) is 0 Å². The molecule has 0 aliphatic carbocycles. The molecule has 0 saturated heterocycles. The topological polar surface area (TPSA) is 102 Å². The van der Waals surface area contributed by atoms with Crippen LogP contribution >= 0.6 is 0 Å². The number of nitrogens with zero attached hydrogens (tertiary/aromatic N) is 1. The summed E-state index contributed by atoms with van der Waals surface area (Å²) in [5, 5.41) is 10.3. The zero-order chi connectivity index (χ0) is 21.7. The van der Waals surface area contributed by atoms with Crippen molar-refractivity contribution in [2.24, 2.45) is 0 Å². The molecular weight excluding hydrogens is 390 g/mol. The molecule has 0 saturated carbocycles. The number of anilines is 1. The van der Waals surface area contributed by atoms with Gasteiger partial charge in [0.15, 0.2) is 5.76 Å². The highest BCUT2D eigenvalue weighted by atomic mass is 16.6. The molecule has 3 rings (SSSR count). The van der Waals surface area contributed by atoms with Crippen molar-refractivity contribution in [2.45, 2.75) is 6.92 Å². The molecule has 8 heteroatoms. The second kappa shape index (κ2) is 9.23. The number of esters is 1. The van der Waals surface area contributed by atoms with E-state index in [1.54, 1.807) is 24.3 Å². The Bertz CT molecular complexity index is 978. The minimum atomic E-state index is -0.834. The number of amides is 2. The van der Waals surface area contributed by atoms with Crippen LogP contribution in [0.15, 0.2) is 54.3 Å². The summed E-state index contributed by atoms with van der Waals surface area (Å²) in [6, 6.07) is 12.3. The molecule has 1 aliphatic rings. The number of carbonyl (C=O) groups is 3. The molecule has 8 nitrogen and oxygen atoms in total. The predicted octanol–water partition coefficient (Wildman–Crippen LogP) is 2.73. The van der Waals surface area contributed by atoms with E-state index in [1.165, 1.54) is 31.4 Å². The van der Waals surface area contributed by atoms with Gasteiger partial charge in [0, 0.05) is 7.11 Å². The summed E-state index contributed by atoms with van der Waals surface area (Å²) in [4.78, 5) is 38.2. The number of rotatable bonds is 8. The van der Waals surface area contributed by atoms with Crippen LogP contribution in [0, 0.1) is 0 Å². The lowest BCUT2D eigenvalue weighted by atomic mass is 10.1. The van der Waals surface area contributed by atoms with E-state index in [2.05, 4.69) is 0 Å². The average molecular weight is 411 g/mol. The zero-order valence-electron chi connectivity index (χ0n) is 16.6. The molecule has 0 fully saturated rings. The molecule has 1 N–H and O–H groups in total. The number of imide groups is 1. The highest BCUT2D eigenvalue weighted by molar-refractivity contribution is 6.44. The molecule has 0 atom stereocenters. The van der Waals surface area contributed by atoms with Crippen LogP contribution in [0.3, 0.4) is 0 Å². The quantitative estimate of drug-likeness (QED) is 0.405. The van der Waals surface area contributed by atoms with Crippen LogP contribution in [-0.2, 0) is 19.1 Å². The first-order chi connectivity index (χ1) is 14.5. The Balaban J connectivity index is 1.79. The Morgan fingerprint density at radius 1 is 0.967 bits per heavy atom. The van der Waals surface area contributed by atoms with Crippen molar-refractivity contribution in [3.63, 3.8) is 0 Å². The number of methoxy groups -OCH3 is 1. The van der Waals surface area contributed by atoms with Crippen LogP contribution in [0.25, 0.3) is 5.57 Å². The fourth-order valence-corrected chi connectivity index (χ4v) is 2.94. The maximum Gasteiger partial charge on any atom is 0.338 e. The molecule has 156 valence electrons. The van der Waals surface area contributed by atoms with E-state index >= 15 is 0 Å². The first kappa shape index (κ1) is 21.1. The number of aliphatic hydroxyl groups is 1. The van der Waals surface area contributed by atoms with Crippen LogP contribution in [0.2, 0.25) is 0 Å². The van der Waals surface area contributed by atoms with Crippen LogP contribution in [0.5, 0.6) is 5.75 Å². The van der Waals surface area contributed by atoms with Gasteiger partial charge in [-0.25, -0.2) is 9.69 Å². The van der Waals surface area contributed by atoms with Gasteiger partial charge in [-0.2, -0.15) is 0 Å². The maximum atomic E-state index is 12.9. The van der Waals surface area contributed by atoms with Gasteiger partial charge in [0.25, 0.3) is 5.91 Å². The van der Waals surface area contributed by atoms with Gasteiger partial charge in [-0.3, -0.25) is 9.59 Å². The SMILES string of the molecule is CCOc1ccc(C2=C(O)C(=O)N(c3ccc(C(=O)OCCOC)cc3)C2=O)cc1. The van der Waals surface area contributed by atoms with Crippen LogP contribution in [0.4, 0.5) is 5.69 Å². The van der Waals surface area contributed by atoms with Crippen molar-refractivity contribution < 1.29 is 33.7 Å². The molecule has 1 heterocycles. The molecule has 2 aromatic carbocycles. The molecule has 2 aromatic rings. The van der Waals surface area contributed by atoms with Gasteiger partial charge in [-0.1, -0.05) is 12.1 Å². The normalized spacial score (nSPS) is 13.7. The summed E-state index contributed by atoms with van der Waals surface area (Å²) < 4.78 is 15.2. The van der Waals surface area contributed by atoms with Crippen LogP contribution in [0.1, 0.15) is 22.8 Å². The molecule has 0 aromatic heterocycles. The molecule has 0 spiro atoms. The maximum absolute atomic E-state index is 12.9. The van der Waals surface area contributed by atoms with Crippen molar-refractivity contribution in [3.8, 4) is 5.75 Å². The summed E-state index contributed by atoms with van der Waals surface area (Å²) in [5.74, 6) is -2.06. The monoisotopic (exact) mass is 411 g/mol. The van der Waals surface area contributed by atoms with E-state index in [-0.39, 0.29) is 30.0 Å². The summed E-state index contributed by atoms with van der Waals surface area (Å²) in [7, 11) is 1.50. The van der Waals surface area contributed by atoms with Gasteiger partial charge in [0.2, 0.25) is 0 Å². The molecular formula is C22H21NO7. The highest BCUT2D eigenvalue weighted by Crippen LogP contribution is 2.32. The molecule has 0 radical (unpaired) electrons. The number of ether oxygens (including phenoxy) is 3. The van der Waals surface area contributed by atoms with Gasteiger partial charge in [-0.05, 0) is 48.9 Å². The number of hydrogen-bond acceptors (Lipinski definition) is 7. The third-order valence-electron chi connectivity index (χ3n) is 4.40. The molecule has 0 bridgehead atoms. The van der Waals surface area contributed by atoms with Gasteiger partial charge < -0.3 is 19.3 Å². The first-order valence-electron chi connectivity index (χ1n) is 9.29. The van der Waals surface area contributed by atoms with Gasteiger partial charge in [0.05, 0.1) is 30.0 Å². The Labute approximate surface area is 173 Å². The van der Waals surface area contributed by atoms with Crippen LogP contribution in [-0.4, -0.2) is 49.8 Å². The average Bonchev–Trinajstić information content (AvgIpc) is 2.97. The van der Waals surface area contributed by atoms with E-state index in [0.717, 1.165) is 4.90 Å². The Hall–Kier alpha value is -3.65. The van der Waals surface area contributed by atoms with E-state index in [9.17, 15) is 19.5 Å². The lowest BCUT2D eigenvalue weighted by Crippen LogP contribution is -2.31. The minimum absolute atomic E-state index is 0.0916. The van der Waals surface area contributed by atoms with Crippen molar-refractivity contribution in [1.82, 2.24) is 0 Å². The largest absolute Gasteiger partial charge is 0.502 e. The fourth-order valence-electron chi connectivity index (χ4n) is 2.94. The zero-order valence-corrected chi connectivity index (χ0v) is 16.6. The smallest absolute Gasteiger partial charge is 0.338 e. The van der Waals surface area contributed by atoms with Gasteiger partial charge in [0.1, 0.15) is 12.4 Å². The second-order valence-corrected chi connectivity index (χ2v) is 6.30. The minimum Gasteiger partial charge on any atom is -0.502 e. The Kier molecular flexibility index (Phi) is 6.48. The van der Waals surface area contributed by atoms with Gasteiger partial charge in [-0.15, -0.1) is 0 Å². The van der Waals surface area contributed by atoms with E-state index in [4.69, 9.17) is 14.2 Å². The standard InChI is InChI=1S/C22H21NO7/c1-3-29-17-10-6-14(7-11-17)18-19(24)21(26)23(20(18)25)16-8-4-15(5-9-16)22(27)30-13-12-28-2/h4-11,24H,3,12-13H2,1-2H3. The number of carbonyl (C=O) groups excluding carboxylic acids is 3. The molecule has 30 heavy (non-hydrogen) atoms. The van der Waals surface area contributed by atoms with Crippen molar-refractivity contribution >= 4 is 29.0 Å². The van der Waals surface area contributed by atoms with E-state index in [0.29, 0.717) is 17.9 Å². The predicted molar refractivity (Wildman–Crippen MR) is 108 cm³/mol. The Morgan fingerprint density at radius 3 is 2.23 bits per heavy atom. The molecule has 1 aliphatic heterocycles. The summed E-state index contributed by atoms with van der Waals surface area (Å²) in [5.41, 5.74) is 0.796. The molecule has 2 amide bonds. The van der Waals surface area contributed by atoms with E-state index < -0.39 is 23.5 Å². The Morgan fingerprint density at radius 2 is 1.63 bits per heavy atom. The summed E-state index contributed by atoms with van der Waals surface area (Å²) >= 11 is 0. The highest BCUT2D eigenvalue weighted by Gasteiger charge is 2.40. The summed E-state index contributed by atoms with van der Waals surface area (Å²) in [6.07, 6.45) is 0. The summed E-state index contributed by atoms with van der Waals surface area (Å²) in [6.45, 7) is 2.74. The van der Waals surface area contributed by atoms with Crippen molar-refractivity contribution in [2.75, 3.05) is 31.8 Å². The fraction of sp³-hybridized carbons (Fsp3) is 0.227. The lowest BCUT2D eigenvalue weighted by Gasteiger charge is -2.15. The number of aliphatic hydroxyl groups excluding tert-OH is 1.